The predicted molar refractivity (Wildman–Crippen MR) is 80.2 cm³/mol. The first-order valence-electron chi connectivity index (χ1n) is 7.25. The fourth-order valence-corrected chi connectivity index (χ4v) is 4.02. The molecule has 1 fully saturated rings. The van der Waals surface area contributed by atoms with Crippen LogP contribution in [-0.2, 0) is 0 Å². The molecule has 0 aromatic carbocycles. The Balaban J connectivity index is 0.000000811. The first-order chi connectivity index (χ1) is 7.58. The molecular weight excluding hydrogens is 204 g/mol. The zero-order valence-corrected chi connectivity index (χ0v) is 12.1. The van der Waals surface area contributed by atoms with Gasteiger partial charge in [0.1, 0.15) is 0 Å². The third-order valence-electron chi connectivity index (χ3n) is 4.94. The Hall–Kier alpha value is -0.260. The maximum Gasteiger partial charge on any atom is -0.0191 e. The zero-order chi connectivity index (χ0) is 12.3. The highest BCUT2D eigenvalue weighted by Gasteiger charge is 2.49. The van der Waals surface area contributed by atoms with E-state index in [1.54, 1.807) is 5.57 Å². The summed E-state index contributed by atoms with van der Waals surface area (Å²) in [4.78, 5) is 0. The van der Waals surface area contributed by atoms with Gasteiger partial charge >= 0.3 is 0 Å². The second kappa shape index (κ2) is 6.61. The molecule has 0 amide bonds. The van der Waals surface area contributed by atoms with Gasteiger partial charge in [-0.3, -0.25) is 0 Å². The van der Waals surface area contributed by atoms with Crippen molar-refractivity contribution in [3.63, 3.8) is 0 Å². The molecule has 0 heteroatoms. The van der Waals surface area contributed by atoms with E-state index >= 15 is 0 Å². The molecule has 2 aliphatic rings. The van der Waals surface area contributed by atoms with E-state index in [1.807, 2.05) is 13.8 Å². The van der Waals surface area contributed by atoms with Crippen LogP contribution in [0.15, 0.2) is 11.6 Å². The summed E-state index contributed by atoms with van der Waals surface area (Å²) < 4.78 is 0. The van der Waals surface area contributed by atoms with Crippen LogP contribution in [0, 0.1) is 23.2 Å². The summed E-state index contributed by atoms with van der Waals surface area (Å²) in [6.07, 6.45) is 8.16. The van der Waals surface area contributed by atoms with Gasteiger partial charge in [-0.25, -0.2) is 0 Å². The summed E-state index contributed by atoms with van der Waals surface area (Å²) in [5.74, 6) is 2.82. The van der Waals surface area contributed by atoms with E-state index in [2.05, 4.69) is 33.8 Å². The molecule has 2 aliphatic carbocycles. The van der Waals surface area contributed by atoms with Crippen molar-refractivity contribution in [1.29, 1.82) is 0 Å². The summed E-state index contributed by atoms with van der Waals surface area (Å²) >= 11 is 0. The molecule has 0 heterocycles. The molecular formula is C17H34. The van der Waals surface area contributed by atoms with Crippen molar-refractivity contribution in [2.24, 2.45) is 23.2 Å². The minimum atomic E-state index is 0. The number of rotatable bonds is 2. The summed E-state index contributed by atoms with van der Waals surface area (Å²) in [6, 6.07) is 0. The summed E-state index contributed by atoms with van der Waals surface area (Å²) in [5.41, 5.74) is 2.28. The summed E-state index contributed by atoms with van der Waals surface area (Å²) in [7, 11) is 0. The van der Waals surface area contributed by atoms with Gasteiger partial charge in [-0.1, -0.05) is 60.1 Å². The Kier molecular flexibility index (Phi) is 6.51. The van der Waals surface area contributed by atoms with Gasteiger partial charge in [0.05, 0.1) is 0 Å². The monoisotopic (exact) mass is 238 g/mol. The number of allylic oxidation sites excluding steroid dienone is 2. The highest BCUT2D eigenvalue weighted by atomic mass is 14.5. The van der Waals surface area contributed by atoms with Crippen LogP contribution in [0.4, 0.5) is 0 Å². The summed E-state index contributed by atoms with van der Waals surface area (Å²) in [6.45, 7) is 13.7. The Labute approximate surface area is 110 Å². The van der Waals surface area contributed by atoms with Crippen LogP contribution in [0.1, 0.15) is 74.7 Å². The van der Waals surface area contributed by atoms with Crippen LogP contribution in [0.25, 0.3) is 0 Å². The standard InChI is InChI=1S/C14H24.C2H6.CH4/c1-5-6-14(4)11(3)9-12-7-10(2)8-13(12)14;1-2;/h7,11-13H,5-6,8-9H2,1-4H3;1-2H3;1H4. The van der Waals surface area contributed by atoms with Crippen LogP contribution in [-0.4, -0.2) is 0 Å². The average molecular weight is 238 g/mol. The van der Waals surface area contributed by atoms with E-state index in [-0.39, 0.29) is 7.43 Å². The van der Waals surface area contributed by atoms with Crippen molar-refractivity contribution in [3.8, 4) is 0 Å². The van der Waals surface area contributed by atoms with Crippen LogP contribution in [0.5, 0.6) is 0 Å². The predicted octanol–water partition coefficient (Wildman–Crippen LogP) is 6.08. The third-order valence-corrected chi connectivity index (χ3v) is 4.94. The van der Waals surface area contributed by atoms with E-state index in [0.717, 1.165) is 17.8 Å². The highest BCUT2D eigenvalue weighted by molar-refractivity contribution is 5.18. The largest absolute Gasteiger partial charge is 0.0822 e. The minimum absolute atomic E-state index is 0. The molecule has 2 rings (SSSR count). The van der Waals surface area contributed by atoms with Crippen molar-refractivity contribution < 1.29 is 0 Å². The van der Waals surface area contributed by atoms with Gasteiger partial charge in [-0.2, -0.15) is 0 Å². The molecule has 0 aliphatic heterocycles. The molecule has 0 aromatic heterocycles. The topological polar surface area (TPSA) is 0 Å². The van der Waals surface area contributed by atoms with Gasteiger partial charge in [0, 0.05) is 0 Å². The van der Waals surface area contributed by atoms with Crippen LogP contribution in [0.3, 0.4) is 0 Å². The van der Waals surface area contributed by atoms with E-state index in [9.17, 15) is 0 Å². The number of hydrogen-bond acceptors (Lipinski definition) is 0. The van der Waals surface area contributed by atoms with Crippen LogP contribution in [0.2, 0.25) is 0 Å². The van der Waals surface area contributed by atoms with Crippen LogP contribution < -0.4 is 0 Å². The molecule has 0 bridgehead atoms. The van der Waals surface area contributed by atoms with Crippen molar-refractivity contribution in [1.82, 2.24) is 0 Å². The smallest absolute Gasteiger partial charge is 0.0191 e. The molecule has 102 valence electrons. The molecule has 4 unspecified atom stereocenters. The maximum atomic E-state index is 2.56. The molecule has 0 saturated heterocycles. The number of fused-ring (bicyclic) bond motifs is 1. The first kappa shape index (κ1) is 16.7. The molecule has 0 spiro atoms. The Morgan fingerprint density at radius 3 is 2.47 bits per heavy atom. The van der Waals surface area contributed by atoms with Crippen molar-refractivity contribution in [3.05, 3.63) is 11.6 Å². The van der Waals surface area contributed by atoms with Gasteiger partial charge in [-0.15, -0.1) is 0 Å². The second-order valence-electron chi connectivity index (χ2n) is 5.88. The SMILES string of the molecule is C.CC.CCCC1(C)C(C)CC2C=C(C)CC21. The van der Waals surface area contributed by atoms with Gasteiger partial charge in [0.2, 0.25) is 0 Å². The van der Waals surface area contributed by atoms with Gasteiger partial charge in [0.15, 0.2) is 0 Å². The van der Waals surface area contributed by atoms with E-state index in [1.165, 1.54) is 25.7 Å². The zero-order valence-electron chi connectivity index (χ0n) is 12.1. The molecule has 1 saturated carbocycles. The fourth-order valence-electron chi connectivity index (χ4n) is 4.02. The molecule has 0 aromatic rings. The molecule has 4 atom stereocenters. The lowest BCUT2D eigenvalue weighted by molar-refractivity contribution is 0.147. The van der Waals surface area contributed by atoms with Gasteiger partial charge < -0.3 is 0 Å². The molecule has 0 radical (unpaired) electrons. The molecule has 17 heavy (non-hydrogen) atoms. The average Bonchev–Trinajstić information content (AvgIpc) is 2.71. The lowest BCUT2D eigenvalue weighted by Crippen LogP contribution is -2.27. The maximum absolute atomic E-state index is 2.56. The Morgan fingerprint density at radius 2 is 1.94 bits per heavy atom. The normalized spacial score (nSPS) is 38.7. The molecule has 0 nitrogen and oxygen atoms in total. The highest BCUT2D eigenvalue weighted by Crippen LogP contribution is 2.58. The first-order valence-corrected chi connectivity index (χ1v) is 7.25. The van der Waals surface area contributed by atoms with Crippen molar-refractivity contribution >= 4 is 0 Å². The second-order valence-corrected chi connectivity index (χ2v) is 5.88. The van der Waals surface area contributed by atoms with Crippen molar-refractivity contribution in [2.45, 2.75) is 74.7 Å². The Morgan fingerprint density at radius 1 is 1.35 bits per heavy atom. The van der Waals surface area contributed by atoms with Gasteiger partial charge in [0.25, 0.3) is 0 Å². The number of hydrogen-bond donors (Lipinski definition) is 0. The Bertz CT molecular complexity index is 251. The lowest BCUT2D eigenvalue weighted by atomic mass is 9.70. The van der Waals surface area contributed by atoms with Crippen molar-refractivity contribution in [2.75, 3.05) is 0 Å². The lowest BCUT2D eigenvalue weighted by Gasteiger charge is -2.35. The minimum Gasteiger partial charge on any atom is -0.0822 e. The van der Waals surface area contributed by atoms with E-state index < -0.39 is 0 Å². The van der Waals surface area contributed by atoms with Gasteiger partial charge in [-0.05, 0) is 49.4 Å². The van der Waals surface area contributed by atoms with E-state index in [4.69, 9.17) is 0 Å². The van der Waals surface area contributed by atoms with Crippen LogP contribution >= 0.6 is 0 Å². The van der Waals surface area contributed by atoms with E-state index in [0.29, 0.717) is 5.41 Å². The quantitative estimate of drug-likeness (QED) is 0.512. The summed E-state index contributed by atoms with van der Waals surface area (Å²) in [5, 5.41) is 0. The molecule has 0 N–H and O–H groups in total. The third kappa shape index (κ3) is 2.95. The fraction of sp³-hybridized carbons (Fsp3) is 0.882.